The SMILES string of the molecule is Cc1cccc(N(C)c2nc(C(=O)O)co2)c1. The van der Waals surface area contributed by atoms with Gasteiger partial charge in [-0.1, -0.05) is 12.1 Å². The molecule has 1 aromatic carbocycles. The number of oxazole rings is 1. The molecule has 0 aliphatic rings. The van der Waals surface area contributed by atoms with Gasteiger partial charge in [-0.25, -0.2) is 4.79 Å². The Bertz CT molecular complexity index is 548. The van der Waals surface area contributed by atoms with E-state index in [1.807, 2.05) is 31.2 Å². The lowest BCUT2D eigenvalue weighted by Gasteiger charge is -2.14. The molecule has 5 heteroatoms. The summed E-state index contributed by atoms with van der Waals surface area (Å²) in [6.07, 6.45) is 1.13. The number of anilines is 2. The molecule has 2 aromatic rings. The monoisotopic (exact) mass is 232 g/mol. The summed E-state index contributed by atoms with van der Waals surface area (Å²) < 4.78 is 5.12. The standard InChI is InChI=1S/C12H12N2O3/c1-8-4-3-5-9(6-8)14(2)12-13-10(7-17-12)11(15)16/h3-7H,1-2H3,(H,15,16). The summed E-state index contributed by atoms with van der Waals surface area (Å²) >= 11 is 0. The fraction of sp³-hybridized carbons (Fsp3) is 0.167. The molecule has 0 spiro atoms. The van der Waals surface area contributed by atoms with E-state index in [-0.39, 0.29) is 11.7 Å². The third-order valence-corrected chi connectivity index (χ3v) is 2.39. The van der Waals surface area contributed by atoms with Crippen molar-refractivity contribution in [3.63, 3.8) is 0 Å². The predicted octanol–water partition coefficient (Wildman–Crippen LogP) is 2.45. The van der Waals surface area contributed by atoms with E-state index < -0.39 is 5.97 Å². The number of aromatic nitrogens is 1. The smallest absolute Gasteiger partial charge is 0.357 e. The predicted molar refractivity (Wildman–Crippen MR) is 62.7 cm³/mol. The highest BCUT2D eigenvalue weighted by molar-refractivity contribution is 5.85. The number of nitrogens with zero attached hydrogens (tertiary/aromatic N) is 2. The third-order valence-electron chi connectivity index (χ3n) is 2.39. The second-order valence-electron chi connectivity index (χ2n) is 3.72. The summed E-state index contributed by atoms with van der Waals surface area (Å²) in [5.41, 5.74) is 1.91. The number of hydrogen-bond acceptors (Lipinski definition) is 4. The highest BCUT2D eigenvalue weighted by Crippen LogP contribution is 2.23. The molecular formula is C12H12N2O3. The highest BCUT2D eigenvalue weighted by Gasteiger charge is 2.14. The Morgan fingerprint density at radius 1 is 1.47 bits per heavy atom. The van der Waals surface area contributed by atoms with Crippen LogP contribution in [-0.4, -0.2) is 23.1 Å². The van der Waals surface area contributed by atoms with E-state index in [0.29, 0.717) is 0 Å². The molecule has 0 amide bonds. The molecule has 1 aromatic heterocycles. The van der Waals surface area contributed by atoms with Gasteiger partial charge in [0, 0.05) is 12.7 Å². The quantitative estimate of drug-likeness (QED) is 0.880. The molecule has 0 aliphatic heterocycles. The lowest BCUT2D eigenvalue weighted by Crippen LogP contribution is -2.10. The van der Waals surface area contributed by atoms with Crippen LogP contribution in [0.15, 0.2) is 34.9 Å². The van der Waals surface area contributed by atoms with Crippen LogP contribution in [0.3, 0.4) is 0 Å². The fourth-order valence-electron chi connectivity index (χ4n) is 1.46. The zero-order chi connectivity index (χ0) is 12.4. The van der Waals surface area contributed by atoms with Crippen molar-refractivity contribution in [2.24, 2.45) is 0 Å². The number of aryl methyl sites for hydroxylation is 1. The molecule has 1 heterocycles. The van der Waals surface area contributed by atoms with Gasteiger partial charge >= 0.3 is 12.0 Å². The Balaban J connectivity index is 2.30. The average molecular weight is 232 g/mol. The fourth-order valence-corrected chi connectivity index (χ4v) is 1.46. The van der Waals surface area contributed by atoms with Crippen molar-refractivity contribution in [3.8, 4) is 0 Å². The zero-order valence-electron chi connectivity index (χ0n) is 9.54. The van der Waals surface area contributed by atoms with Gasteiger partial charge < -0.3 is 9.52 Å². The van der Waals surface area contributed by atoms with Crippen LogP contribution < -0.4 is 4.90 Å². The Hall–Kier alpha value is -2.30. The van der Waals surface area contributed by atoms with Gasteiger partial charge in [-0.3, -0.25) is 4.90 Å². The van der Waals surface area contributed by atoms with Crippen LogP contribution in [-0.2, 0) is 0 Å². The van der Waals surface area contributed by atoms with Gasteiger partial charge in [0.15, 0.2) is 5.69 Å². The van der Waals surface area contributed by atoms with Gasteiger partial charge in [0.05, 0.1) is 0 Å². The zero-order valence-corrected chi connectivity index (χ0v) is 9.54. The largest absolute Gasteiger partial charge is 0.476 e. The average Bonchev–Trinajstić information content (AvgIpc) is 2.77. The first-order valence-electron chi connectivity index (χ1n) is 5.07. The van der Waals surface area contributed by atoms with E-state index in [1.54, 1.807) is 11.9 Å². The summed E-state index contributed by atoms with van der Waals surface area (Å²) in [6.45, 7) is 1.98. The van der Waals surface area contributed by atoms with Crippen molar-refractivity contribution >= 4 is 17.7 Å². The van der Waals surface area contributed by atoms with Gasteiger partial charge in [-0.05, 0) is 24.6 Å². The first-order chi connectivity index (χ1) is 8.08. The van der Waals surface area contributed by atoms with Crippen LogP contribution in [0.25, 0.3) is 0 Å². The van der Waals surface area contributed by atoms with E-state index in [1.165, 1.54) is 0 Å². The van der Waals surface area contributed by atoms with Crippen molar-refractivity contribution in [1.82, 2.24) is 4.98 Å². The Kier molecular flexibility index (Phi) is 2.82. The number of carboxylic acid groups (broad SMARTS) is 1. The molecule has 0 atom stereocenters. The molecule has 0 bridgehead atoms. The number of aromatic carboxylic acids is 1. The minimum absolute atomic E-state index is 0.0977. The van der Waals surface area contributed by atoms with E-state index in [9.17, 15) is 4.79 Å². The van der Waals surface area contributed by atoms with Crippen LogP contribution in [0.2, 0.25) is 0 Å². The van der Waals surface area contributed by atoms with Crippen LogP contribution in [0.4, 0.5) is 11.7 Å². The van der Waals surface area contributed by atoms with Gasteiger partial charge in [0.2, 0.25) is 0 Å². The summed E-state index contributed by atoms with van der Waals surface area (Å²) in [6, 6.07) is 8.02. The molecule has 0 aliphatic carbocycles. The normalized spacial score (nSPS) is 10.2. The minimum atomic E-state index is -1.10. The molecule has 0 radical (unpaired) electrons. The molecule has 5 nitrogen and oxygen atoms in total. The van der Waals surface area contributed by atoms with E-state index in [0.717, 1.165) is 17.5 Å². The minimum Gasteiger partial charge on any atom is -0.476 e. The summed E-state index contributed by atoms with van der Waals surface area (Å²) in [5.74, 6) is -1.10. The maximum atomic E-state index is 10.7. The molecule has 0 saturated heterocycles. The number of hydrogen-bond donors (Lipinski definition) is 1. The first-order valence-corrected chi connectivity index (χ1v) is 5.07. The topological polar surface area (TPSA) is 66.6 Å². The highest BCUT2D eigenvalue weighted by atomic mass is 16.4. The molecule has 0 unspecified atom stereocenters. The first kappa shape index (κ1) is 11.2. The molecule has 2 rings (SSSR count). The number of carbonyl (C=O) groups is 1. The van der Waals surface area contributed by atoms with Crippen molar-refractivity contribution < 1.29 is 14.3 Å². The van der Waals surface area contributed by atoms with E-state index in [4.69, 9.17) is 9.52 Å². The maximum absolute atomic E-state index is 10.7. The second kappa shape index (κ2) is 4.29. The number of carboxylic acids is 1. The van der Waals surface area contributed by atoms with Gasteiger partial charge in [-0.15, -0.1) is 0 Å². The summed E-state index contributed by atoms with van der Waals surface area (Å²) in [4.78, 5) is 16.3. The van der Waals surface area contributed by atoms with Crippen molar-refractivity contribution in [2.45, 2.75) is 6.92 Å². The van der Waals surface area contributed by atoms with E-state index in [2.05, 4.69) is 4.98 Å². The summed E-state index contributed by atoms with van der Waals surface area (Å²) in [5, 5.41) is 8.75. The molecule has 0 fully saturated rings. The van der Waals surface area contributed by atoms with Crippen molar-refractivity contribution in [1.29, 1.82) is 0 Å². The second-order valence-corrected chi connectivity index (χ2v) is 3.72. The third kappa shape index (κ3) is 2.28. The number of rotatable bonds is 3. The molecule has 17 heavy (non-hydrogen) atoms. The molecular weight excluding hydrogens is 220 g/mol. The van der Waals surface area contributed by atoms with Crippen molar-refractivity contribution in [3.05, 3.63) is 41.8 Å². The lowest BCUT2D eigenvalue weighted by molar-refractivity contribution is 0.0690. The van der Waals surface area contributed by atoms with Crippen molar-refractivity contribution in [2.75, 3.05) is 11.9 Å². The van der Waals surface area contributed by atoms with Crippen LogP contribution in [0, 0.1) is 6.92 Å². The van der Waals surface area contributed by atoms with Gasteiger partial charge in [-0.2, -0.15) is 4.98 Å². The molecule has 0 saturated carbocycles. The van der Waals surface area contributed by atoms with E-state index >= 15 is 0 Å². The lowest BCUT2D eigenvalue weighted by atomic mass is 10.2. The van der Waals surface area contributed by atoms with Gasteiger partial charge in [0.25, 0.3) is 0 Å². The van der Waals surface area contributed by atoms with Crippen LogP contribution in [0.1, 0.15) is 16.1 Å². The summed E-state index contributed by atoms with van der Waals surface area (Å²) in [7, 11) is 1.77. The van der Waals surface area contributed by atoms with Crippen LogP contribution >= 0.6 is 0 Å². The Labute approximate surface area is 98.3 Å². The Morgan fingerprint density at radius 2 is 2.24 bits per heavy atom. The molecule has 1 N–H and O–H groups in total. The van der Waals surface area contributed by atoms with Crippen LogP contribution in [0.5, 0.6) is 0 Å². The number of benzene rings is 1. The maximum Gasteiger partial charge on any atom is 0.357 e. The van der Waals surface area contributed by atoms with Gasteiger partial charge in [0.1, 0.15) is 6.26 Å². The Morgan fingerprint density at radius 3 is 2.82 bits per heavy atom. The molecule has 88 valence electrons.